The number of amides is 1. The van der Waals surface area contributed by atoms with Crippen molar-refractivity contribution in [2.45, 2.75) is 25.8 Å². The highest BCUT2D eigenvalue weighted by atomic mass is 32.1. The lowest BCUT2D eigenvalue weighted by atomic mass is 10.2. The van der Waals surface area contributed by atoms with E-state index in [2.05, 4.69) is 10.3 Å². The van der Waals surface area contributed by atoms with E-state index in [4.69, 9.17) is 10.9 Å². The van der Waals surface area contributed by atoms with E-state index in [0.29, 0.717) is 4.88 Å². The highest BCUT2D eigenvalue weighted by Gasteiger charge is 2.13. The molecular formula is C12H21N3O2S. The summed E-state index contributed by atoms with van der Waals surface area (Å²) < 4.78 is 0. The fourth-order valence-corrected chi connectivity index (χ4v) is 2.58. The predicted molar refractivity (Wildman–Crippen MR) is 73.2 cm³/mol. The standard InChI is InChI=1S/C12H21N3O2S/c1-15(6-3-2-4-7-16)9-10-5-8-18-11(10)12(17)14-13/h5,8,16H,2-4,6-7,9,13H2,1H3,(H,14,17). The zero-order chi connectivity index (χ0) is 13.4. The Morgan fingerprint density at radius 2 is 2.28 bits per heavy atom. The second-order valence-electron chi connectivity index (χ2n) is 4.27. The van der Waals surface area contributed by atoms with Crippen LogP contribution in [0, 0.1) is 0 Å². The van der Waals surface area contributed by atoms with Gasteiger partial charge in [-0.25, -0.2) is 5.84 Å². The van der Waals surface area contributed by atoms with Crippen LogP contribution in [0.5, 0.6) is 0 Å². The van der Waals surface area contributed by atoms with Crippen molar-refractivity contribution < 1.29 is 9.90 Å². The maximum absolute atomic E-state index is 11.5. The molecule has 4 N–H and O–H groups in total. The molecule has 0 aliphatic heterocycles. The van der Waals surface area contributed by atoms with Gasteiger partial charge in [-0.05, 0) is 49.9 Å². The molecule has 0 aliphatic carbocycles. The average Bonchev–Trinajstić information content (AvgIpc) is 2.82. The molecule has 1 aromatic rings. The molecule has 0 aromatic carbocycles. The van der Waals surface area contributed by atoms with E-state index in [1.807, 2.05) is 18.5 Å². The number of rotatable bonds is 8. The third-order valence-corrected chi connectivity index (χ3v) is 3.68. The van der Waals surface area contributed by atoms with E-state index in [1.54, 1.807) is 0 Å². The maximum Gasteiger partial charge on any atom is 0.275 e. The molecule has 0 fully saturated rings. The summed E-state index contributed by atoms with van der Waals surface area (Å²) >= 11 is 1.40. The second kappa shape index (κ2) is 8.20. The van der Waals surface area contributed by atoms with Crippen molar-refractivity contribution in [1.82, 2.24) is 10.3 Å². The molecule has 1 amide bonds. The number of unbranched alkanes of at least 4 members (excludes halogenated alkanes) is 2. The zero-order valence-electron chi connectivity index (χ0n) is 10.7. The van der Waals surface area contributed by atoms with Crippen LogP contribution in [0.25, 0.3) is 0 Å². The molecule has 5 nitrogen and oxygen atoms in total. The lowest BCUT2D eigenvalue weighted by Gasteiger charge is -2.16. The molecule has 1 rings (SSSR count). The Balaban J connectivity index is 2.42. The predicted octanol–water partition coefficient (Wildman–Crippen LogP) is 0.946. The van der Waals surface area contributed by atoms with Crippen molar-refractivity contribution in [3.05, 3.63) is 21.9 Å². The number of aliphatic hydroxyl groups is 1. The molecule has 0 atom stereocenters. The molecule has 102 valence electrons. The van der Waals surface area contributed by atoms with Crippen molar-refractivity contribution >= 4 is 17.2 Å². The number of nitrogen functional groups attached to an aromatic ring is 1. The lowest BCUT2D eigenvalue weighted by Crippen LogP contribution is -2.30. The smallest absolute Gasteiger partial charge is 0.275 e. The number of nitrogens with two attached hydrogens (primary N) is 1. The summed E-state index contributed by atoms with van der Waals surface area (Å²) in [4.78, 5) is 14.4. The third kappa shape index (κ3) is 4.73. The number of carbonyl (C=O) groups excluding carboxylic acids is 1. The first-order chi connectivity index (χ1) is 8.69. The van der Waals surface area contributed by atoms with Gasteiger partial charge < -0.3 is 10.0 Å². The number of hydrazine groups is 1. The van der Waals surface area contributed by atoms with Crippen molar-refractivity contribution in [2.24, 2.45) is 5.84 Å². The molecule has 6 heteroatoms. The zero-order valence-corrected chi connectivity index (χ0v) is 11.5. The van der Waals surface area contributed by atoms with Crippen LogP contribution in [0.15, 0.2) is 11.4 Å². The average molecular weight is 271 g/mol. The van der Waals surface area contributed by atoms with Gasteiger partial charge in [-0.2, -0.15) is 0 Å². The van der Waals surface area contributed by atoms with Gasteiger partial charge in [0.15, 0.2) is 0 Å². The molecule has 0 saturated heterocycles. The SMILES string of the molecule is CN(CCCCCO)Cc1ccsc1C(=O)NN. The minimum absolute atomic E-state index is 0.228. The van der Waals surface area contributed by atoms with Gasteiger partial charge in [0.1, 0.15) is 0 Å². The fraction of sp³-hybridized carbons (Fsp3) is 0.583. The highest BCUT2D eigenvalue weighted by molar-refractivity contribution is 7.12. The Kier molecular flexibility index (Phi) is 6.89. The summed E-state index contributed by atoms with van der Waals surface area (Å²) in [5.74, 6) is 4.92. The minimum atomic E-state index is -0.228. The van der Waals surface area contributed by atoms with Crippen molar-refractivity contribution in [3.8, 4) is 0 Å². The number of hydrogen-bond donors (Lipinski definition) is 3. The molecular weight excluding hydrogens is 250 g/mol. The first kappa shape index (κ1) is 15.1. The van der Waals surface area contributed by atoms with Gasteiger partial charge in [-0.3, -0.25) is 10.2 Å². The van der Waals surface area contributed by atoms with Crippen LogP contribution < -0.4 is 11.3 Å². The molecule has 0 aliphatic rings. The van der Waals surface area contributed by atoms with Crippen LogP contribution in [-0.4, -0.2) is 36.1 Å². The molecule has 1 aromatic heterocycles. The van der Waals surface area contributed by atoms with Crippen LogP contribution in [0.4, 0.5) is 0 Å². The van der Waals surface area contributed by atoms with E-state index in [1.165, 1.54) is 11.3 Å². The van der Waals surface area contributed by atoms with Gasteiger partial charge in [0, 0.05) is 13.2 Å². The van der Waals surface area contributed by atoms with Gasteiger partial charge in [0.05, 0.1) is 4.88 Å². The summed E-state index contributed by atoms with van der Waals surface area (Å²) in [6, 6.07) is 1.96. The molecule has 0 unspecified atom stereocenters. The topological polar surface area (TPSA) is 78.6 Å². The number of hydrogen-bond acceptors (Lipinski definition) is 5. The Labute approximate surface area is 112 Å². The number of aliphatic hydroxyl groups excluding tert-OH is 1. The Hall–Kier alpha value is -0.950. The number of thiophene rings is 1. The van der Waals surface area contributed by atoms with Crippen molar-refractivity contribution in [1.29, 1.82) is 0 Å². The van der Waals surface area contributed by atoms with E-state index in [0.717, 1.165) is 37.9 Å². The lowest BCUT2D eigenvalue weighted by molar-refractivity contribution is 0.0956. The highest BCUT2D eigenvalue weighted by Crippen LogP contribution is 2.18. The molecule has 0 radical (unpaired) electrons. The molecule has 1 heterocycles. The minimum Gasteiger partial charge on any atom is -0.396 e. The molecule has 0 saturated carbocycles. The number of nitrogens with one attached hydrogen (secondary N) is 1. The van der Waals surface area contributed by atoms with Crippen molar-refractivity contribution in [2.75, 3.05) is 20.2 Å². The van der Waals surface area contributed by atoms with Gasteiger partial charge in [0.2, 0.25) is 0 Å². The summed E-state index contributed by atoms with van der Waals surface area (Å²) in [7, 11) is 2.03. The normalized spacial score (nSPS) is 10.9. The van der Waals surface area contributed by atoms with E-state index < -0.39 is 0 Å². The van der Waals surface area contributed by atoms with Gasteiger partial charge in [-0.15, -0.1) is 11.3 Å². The summed E-state index contributed by atoms with van der Waals surface area (Å²) in [6.45, 7) is 1.96. The Bertz CT molecular complexity index is 368. The summed E-state index contributed by atoms with van der Waals surface area (Å²) in [5.41, 5.74) is 3.17. The third-order valence-electron chi connectivity index (χ3n) is 2.72. The Morgan fingerprint density at radius 3 is 2.94 bits per heavy atom. The molecule has 18 heavy (non-hydrogen) atoms. The maximum atomic E-state index is 11.5. The summed E-state index contributed by atoms with van der Waals surface area (Å²) in [5, 5.41) is 10.6. The molecule has 0 spiro atoms. The molecule has 0 bridgehead atoms. The Morgan fingerprint density at radius 1 is 1.50 bits per heavy atom. The summed E-state index contributed by atoms with van der Waals surface area (Å²) in [6.07, 6.45) is 2.94. The fourth-order valence-electron chi connectivity index (χ4n) is 1.77. The largest absolute Gasteiger partial charge is 0.396 e. The van der Waals surface area contributed by atoms with Crippen LogP contribution in [0.3, 0.4) is 0 Å². The van der Waals surface area contributed by atoms with Crippen LogP contribution in [-0.2, 0) is 6.54 Å². The van der Waals surface area contributed by atoms with Crippen LogP contribution >= 0.6 is 11.3 Å². The van der Waals surface area contributed by atoms with E-state index in [9.17, 15) is 4.79 Å². The van der Waals surface area contributed by atoms with Gasteiger partial charge >= 0.3 is 0 Å². The second-order valence-corrected chi connectivity index (χ2v) is 5.19. The van der Waals surface area contributed by atoms with Crippen LogP contribution in [0.1, 0.15) is 34.5 Å². The monoisotopic (exact) mass is 271 g/mol. The first-order valence-electron chi connectivity index (χ1n) is 6.05. The number of carbonyl (C=O) groups is 1. The quantitative estimate of drug-likeness (QED) is 0.285. The first-order valence-corrected chi connectivity index (χ1v) is 6.93. The van der Waals surface area contributed by atoms with Gasteiger partial charge in [-0.1, -0.05) is 0 Å². The van der Waals surface area contributed by atoms with Crippen molar-refractivity contribution in [3.63, 3.8) is 0 Å². The number of nitrogens with zero attached hydrogens (tertiary/aromatic N) is 1. The van der Waals surface area contributed by atoms with E-state index >= 15 is 0 Å². The van der Waals surface area contributed by atoms with E-state index in [-0.39, 0.29) is 12.5 Å². The van der Waals surface area contributed by atoms with Gasteiger partial charge in [0.25, 0.3) is 5.91 Å². The van der Waals surface area contributed by atoms with Crippen LogP contribution in [0.2, 0.25) is 0 Å².